The first-order valence-electron chi connectivity index (χ1n) is 7.10. The average molecular weight is 291 g/mol. The molecule has 0 aliphatic heterocycles. The van der Waals surface area contributed by atoms with E-state index in [2.05, 4.69) is 19.2 Å². The summed E-state index contributed by atoms with van der Waals surface area (Å²) in [5.74, 6) is -0.419. The fourth-order valence-corrected chi connectivity index (χ4v) is 1.93. The molecular formula is C16H22FN3O. The van der Waals surface area contributed by atoms with Crippen LogP contribution in [0.3, 0.4) is 0 Å². The average Bonchev–Trinajstić information content (AvgIpc) is 2.45. The van der Waals surface area contributed by atoms with Crippen LogP contribution in [0.1, 0.15) is 37.8 Å². The topological polar surface area (TPSA) is 56.1 Å². The van der Waals surface area contributed by atoms with Crippen molar-refractivity contribution in [1.29, 1.82) is 5.26 Å². The number of rotatable bonds is 7. The standard InChI is InChI=1S/C16H22FN3O/c1-12(2)19-8-4-5-16(21)20(3)11-14-9-13(10-18)6-7-15(14)17/h6-7,9,12,19H,4-5,8,11H2,1-3H3. The number of nitrogens with one attached hydrogen (secondary N) is 1. The lowest BCUT2D eigenvalue weighted by atomic mass is 10.1. The van der Waals surface area contributed by atoms with Crippen molar-refractivity contribution in [2.75, 3.05) is 13.6 Å². The van der Waals surface area contributed by atoms with E-state index in [-0.39, 0.29) is 12.5 Å². The van der Waals surface area contributed by atoms with Gasteiger partial charge in [0.2, 0.25) is 5.91 Å². The van der Waals surface area contributed by atoms with Crippen LogP contribution in [-0.2, 0) is 11.3 Å². The van der Waals surface area contributed by atoms with Gasteiger partial charge in [-0.15, -0.1) is 0 Å². The molecule has 1 aromatic carbocycles. The van der Waals surface area contributed by atoms with E-state index < -0.39 is 5.82 Å². The zero-order valence-electron chi connectivity index (χ0n) is 12.8. The Morgan fingerprint density at radius 2 is 2.19 bits per heavy atom. The predicted molar refractivity (Wildman–Crippen MR) is 80.0 cm³/mol. The third-order valence-corrected chi connectivity index (χ3v) is 3.13. The van der Waals surface area contributed by atoms with E-state index in [4.69, 9.17) is 5.26 Å². The van der Waals surface area contributed by atoms with Gasteiger partial charge in [-0.1, -0.05) is 13.8 Å². The zero-order chi connectivity index (χ0) is 15.8. The lowest BCUT2D eigenvalue weighted by Gasteiger charge is -2.18. The summed E-state index contributed by atoms with van der Waals surface area (Å²) in [7, 11) is 1.65. The van der Waals surface area contributed by atoms with Crippen LogP contribution >= 0.6 is 0 Å². The highest BCUT2D eigenvalue weighted by Gasteiger charge is 2.12. The maximum absolute atomic E-state index is 13.7. The summed E-state index contributed by atoms with van der Waals surface area (Å²) in [5.41, 5.74) is 0.763. The van der Waals surface area contributed by atoms with Gasteiger partial charge >= 0.3 is 0 Å². The first-order chi connectivity index (χ1) is 9.93. The van der Waals surface area contributed by atoms with Crippen LogP contribution in [0.25, 0.3) is 0 Å². The monoisotopic (exact) mass is 291 g/mol. The molecule has 0 aliphatic rings. The minimum absolute atomic E-state index is 0.0256. The van der Waals surface area contributed by atoms with E-state index in [0.717, 1.165) is 13.0 Å². The Kier molecular flexibility index (Phi) is 6.83. The quantitative estimate of drug-likeness (QED) is 0.785. The van der Waals surface area contributed by atoms with Gasteiger partial charge in [-0.05, 0) is 31.2 Å². The van der Waals surface area contributed by atoms with Crippen molar-refractivity contribution in [3.8, 4) is 6.07 Å². The Bertz CT molecular complexity index is 523. The summed E-state index contributed by atoms with van der Waals surface area (Å²) < 4.78 is 13.7. The van der Waals surface area contributed by atoms with Gasteiger partial charge in [-0.3, -0.25) is 4.79 Å². The second-order valence-electron chi connectivity index (χ2n) is 5.38. The molecule has 0 unspecified atom stereocenters. The number of hydrogen-bond donors (Lipinski definition) is 1. The second-order valence-corrected chi connectivity index (χ2v) is 5.38. The Morgan fingerprint density at radius 1 is 1.48 bits per heavy atom. The summed E-state index contributed by atoms with van der Waals surface area (Å²) in [6.07, 6.45) is 1.18. The van der Waals surface area contributed by atoms with Crippen LogP contribution in [0.4, 0.5) is 4.39 Å². The van der Waals surface area contributed by atoms with Crippen molar-refractivity contribution < 1.29 is 9.18 Å². The van der Waals surface area contributed by atoms with E-state index in [1.165, 1.54) is 23.1 Å². The first-order valence-corrected chi connectivity index (χ1v) is 7.10. The molecule has 114 valence electrons. The van der Waals surface area contributed by atoms with Gasteiger partial charge in [0, 0.05) is 31.6 Å². The zero-order valence-corrected chi connectivity index (χ0v) is 12.8. The Morgan fingerprint density at radius 3 is 2.81 bits per heavy atom. The summed E-state index contributed by atoms with van der Waals surface area (Å²) in [5, 5.41) is 12.1. The van der Waals surface area contributed by atoms with Crippen molar-refractivity contribution in [3.05, 3.63) is 35.1 Å². The van der Waals surface area contributed by atoms with Crippen LogP contribution in [0.15, 0.2) is 18.2 Å². The van der Waals surface area contributed by atoms with Crippen molar-refractivity contribution >= 4 is 5.91 Å². The minimum atomic E-state index is -0.393. The molecule has 1 N–H and O–H groups in total. The molecule has 0 aliphatic carbocycles. The number of carbonyl (C=O) groups excluding carboxylic acids is 1. The molecule has 1 amide bonds. The Balaban J connectivity index is 2.51. The lowest BCUT2D eigenvalue weighted by molar-refractivity contribution is -0.130. The SMILES string of the molecule is CC(C)NCCCC(=O)N(C)Cc1cc(C#N)ccc1F. The van der Waals surface area contributed by atoms with Crippen molar-refractivity contribution in [2.45, 2.75) is 39.3 Å². The van der Waals surface area contributed by atoms with E-state index in [0.29, 0.717) is 23.6 Å². The maximum atomic E-state index is 13.7. The van der Waals surface area contributed by atoms with E-state index in [1.807, 2.05) is 6.07 Å². The molecule has 1 aromatic rings. The Hall–Kier alpha value is -1.93. The van der Waals surface area contributed by atoms with Crippen LogP contribution in [-0.4, -0.2) is 30.4 Å². The molecule has 0 spiro atoms. The number of nitrogens with zero attached hydrogens (tertiary/aromatic N) is 2. The van der Waals surface area contributed by atoms with Crippen molar-refractivity contribution in [3.63, 3.8) is 0 Å². The summed E-state index contributed by atoms with van der Waals surface area (Å²) in [4.78, 5) is 13.5. The van der Waals surface area contributed by atoms with Crippen LogP contribution < -0.4 is 5.32 Å². The van der Waals surface area contributed by atoms with E-state index in [9.17, 15) is 9.18 Å². The highest BCUT2D eigenvalue weighted by molar-refractivity contribution is 5.75. The van der Waals surface area contributed by atoms with Crippen molar-refractivity contribution in [2.24, 2.45) is 0 Å². The van der Waals surface area contributed by atoms with Gasteiger partial charge < -0.3 is 10.2 Å². The number of nitriles is 1. The molecule has 5 heteroatoms. The molecular weight excluding hydrogens is 269 g/mol. The lowest BCUT2D eigenvalue weighted by Crippen LogP contribution is -2.29. The fourth-order valence-electron chi connectivity index (χ4n) is 1.93. The predicted octanol–water partition coefficient (Wildman–Crippen LogP) is 2.43. The number of halogens is 1. The highest BCUT2D eigenvalue weighted by atomic mass is 19.1. The van der Waals surface area contributed by atoms with Crippen molar-refractivity contribution in [1.82, 2.24) is 10.2 Å². The van der Waals surface area contributed by atoms with Gasteiger partial charge in [-0.25, -0.2) is 4.39 Å². The van der Waals surface area contributed by atoms with E-state index in [1.54, 1.807) is 7.05 Å². The number of carbonyl (C=O) groups is 1. The maximum Gasteiger partial charge on any atom is 0.222 e. The number of amides is 1. The molecule has 4 nitrogen and oxygen atoms in total. The molecule has 21 heavy (non-hydrogen) atoms. The molecule has 0 atom stereocenters. The third-order valence-electron chi connectivity index (χ3n) is 3.13. The molecule has 0 aromatic heterocycles. The molecule has 0 saturated heterocycles. The summed E-state index contributed by atoms with van der Waals surface area (Å²) >= 11 is 0. The van der Waals surface area contributed by atoms with Gasteiger partial charge in [0.05, 0.1) is 11.6 Å². The van der Waals surface area contributed by atoms with Gasteiger partial charge in [0.15, 0.2) is 0 Å². The normalized spacial score (nSPS) is 10.5. The van der Waals surface area contributed by atoms with Crippen LogP contribution in [0.5, 0.6) is 0 Å². The fraction of sp³-hybridized carbons (Fsp3) is 0.500. The highest BCUT2D eigenvalue weighted by Crippen LogP contribution is 2.13. The number of benzene rings is 1. The van der Waals surface area contributed by atoms with Crippen LogP contribution in [0.2, 0.25) is 0 Å². The number of hydrogen-bond acceptors (Lipinski definition) is 3. The van der Waals surface area contributed by atoms with Gasteiger partial charge in [0.1, 0.15) is 5.82 Å². The molecule has 1 rings (SSSR count). The summed E-state index contributed by atoms with van der Waals surface area (Å²) in [6, 6.07) is 6.55. The third kappa shape index (κ3) is 5.92. The summed E-state index contributed by atoms with van der Waals surface area (Å²) in [6.45, 7) is 5.07. The molecule has 0 saturated carbocycles. The van der Waals surface area contributed by atoms with Crippen LogP contribution in [0, 0.1) is 17.1 Å². The minimum Gasteiger partial charge on any atom is -0.341 e. The van der Waals surface area contributed by atoms with Gasteiger partial charge in [-0.2, -0.15) is 5.26 Å². The molecule has 0 fully saturated rings. The second kappa shape index (κ2) is 8.38. The smallest absolute Gasteiger partial charge is 0.222 e. The van der Waals surface area contributed by atoms with Gasteiger partial charge in [0.25, 0.3) is 0 Å². The molecule has 0 bridgehead atoms. The Labute approximate surface area is 125 Å². The molecule has 0 radical (unpaired) electrons. The largest absolute Gasteiger partial charge is 0.341 e. The molecule has 0 heterocycles. The first kappa shape index (κ1) is 17.1. The van der Waals surface area contributed by atoms with E-state index >= 15 is 0 Å².